The lowest BCUT2D eigenvalue weighted by molar-refractivity contribution is -0.137. The summed E-state index contributed by atoms with van der Waals surface area (Å²) in [7, 11) is -3.71. The first-order valence-corrected chi connectivity index (χ1v) is 7.97. The lowest BCUT2D eigenvalue weighted by Gasteiger charge is -2.13. The first-order valence-electron chi connectivity index (χ1n) is 6.48. The van der Waals surface area contributed by atoms with Crippen LogP contribution in [0.4, 0.5) is 0 Å². The SMILES string of the molecule is Cc1ccc(C#N)cc1S(=O)(=O)NCC(C)CCC(=O)O. The summed E-state index contributed by atoms with van der Waals surface area (Å²) in [4.78, 5) is 10.5. The molecule has 1 unspecified atom stereocenters. The highest BCUT2D eigenvalue weighted by Gasteiger charge is 2.18. The number of rotatable bonds is 7. The molecule has 0 saturated carbocycles. The van der Waals surface area contributed by atoms with Crippen molar-refractivity contribution in [1.29, 1.82) is 5.26 Å². The third-order valence-corrected chi connectivity index (χ3v) is 4.65. The molecule has 0 aromatic heterocycles. The van der Waals surface area contributed by atoms with E-state index in [2.05, 4.69) is 4.72 Å². The zero-order valence-electron chi connectivity index (χ0n) is 12.0. The highest BCUT2D eigenvalue weighted by molar-refractivity contribution is 7.89. The molecule has 0 bridgehead atoms. The fourth-order valence-corrected chi connectivity index (χ4v) is 3.19. The van der Waals surface area contributed by atoms with E-state index in [-0.39, 0.29) is 29.3 Å². The number of aliphatic carboxylic acids is 1. The number of sulfonamides is 1. The summed E-state index contributed by atoms with van der Waals surface area (Å²) in [6.45, 7) is 3.60. The monoisotopic (exact) mass is 310 g/mol. The third kappa shape index (κ3) is 5.17. The van der Waals surface area contributed by atoms with Crippen LogP contribution in [-0.4, -0.2) is 26.0 Å². The molecule has 21 heavy (non-hydrogen) atoms. The number of aryl methyl sites for hydroxylation is 1. The van der Waals surface area contributed by atoms with Crippen LogP contribution in [0.2, 0.25) is 0 Å². The van der Waals surface area contributed by atoms with Crippen molar-refractivity contribution in [2.24, 2.45) is 5.92 Å². The van der Waals surface area contributed by atoms with Gasteiger partial charge in [-0.15, -0.1) is 0 Å². The zero-order valence-corrected chi connectivity index (χ0v) is 12.8. The smallest absolute Gasteiger partial charge is 0.303 e. The van der Waals surface area contributed by atoms with E-state index in [1.54, 1.807) is 26.0 Å². The first-order chi connectivity index (χ1) is 9.76. The number of carbonyl (C=O) groups is 1. The van der Waals surface area contributed by atoms with Gasteiger partial charge < -0.3 is 5.11 Å². The molecular formula is C14H18N2O4S. The molecule has 0 amide bonds. The molecule has 0 saturated heterocycles. The van der Waals surface area contributed by atoms with Crippen LogP contribution in [-0.2, 0) is 14.8 Å². The average molecular weight is 310 g/mol. The molecule has 1 aromatic carbocycles. The highest BCUT2D eigenvalue weighted by Crippen LogP contribution is 2.17. The Morgan fingerprint density at radius 1 is 1.48 bits per heavy atom. The van der Waals surface area contributed by atoms with Crippen LogP contribution >= 0.6 is 0 Å². The summed E-state index contributed by atoms with van der Waals surface area (Å²) in [5, 5.41) is 17.4. The lowest BCUT2D eigenvalue weighted by Crippen LogP contribution is -2.29. The Morgan fingerprint density at radius 3 is 2.71 bits per heavy atom. The molecule has 1 rings (SSSR count). The number of nitrogens with zero attached hydrogens (tertiary/aromatic N) is 1. The van der Waals surface area contributed by atoms with Gasteiger partial charge >= 0.3 is 5.97 Å². The Hall–Kier alpha value is -1.91. The summed E-state index contributed by atoms with van der Waals surface area (Å²) >= 11 is 0. The molecule has 0 aliphatic heterocycles. The second-order valence-corrected chi connectivity index (χ2v) is 6.72. The topological polar surface area (TPSA) is 107 Å². The first kappa shape index (κ1) is 17.1. The van der Waals surface area contributed by atoms with Gasteiger partial charge in [0.25, 0.3) is 0 Å². The van der Waals surface area contributed by atoms with Gasteiger partial charge in [0.1, 0.15) is 0 Å². The second-order valence-electron chi connectivity index (χ2n) is 4.98. The molecule has 2 N–H and O–H groups in total. The van der Waals surface area contributed by atoms with Gasteiger partial charge in [-0.25, -0.2) is 13.1 Å². The molecule has 0 spiro atoms. The van der Waals surface area contributed by atoms with E-state index in [1.807, 2.05) is 6.07 Å². The normalized spacial score (nSPS) is 12.6. The number of carboxylic acid groups (broad SMARTS) is 1. The Kier molecular flexibility index (Phi) is 5.88. The van der Waals surface area contributed by atoms with Gasteiger partial charge in [-0.05, 0) is 37.0 Å². The number of nitriles is 1. The predicted octanol–water partition coefficient (Wildman–Crippen LogP) is 1.65. The Bertz CT molecular complexity index is 662. The third-order valence-electron chi connectivity index (χ3n) is 3.08. The van der Waals surface area contributed by atoms with Crippen LogP contribution in [0.5, 0.6) is 0 Å². The molecule has 0 aliphatic carbocycles. The van der Waals surface area contributed by atoms with Crippen molar-refractivity contribution < 1.29 is 18.3 Å². The van der Waals surface area contributed by atoms with Crippen LogP contribution in [0.25, 0.3) is 0 Å². The highest BCUT2D eigenvalue weighted by atomic mass is 32.2. The average Bonchev–Trinajstić information content (AvgIpc) is 2.43. The Morgan fingerprint density at radius 2 is 2.14 bits per heavy atom. The quantitative estimate of drug-likeness (QED) is 0.796. The number of hydrogen-bond donors (Lipinski definition) is 2. The summed E-state index contributed by atoms with van der Waals surface area (Å²) < 4.78 is 26.9. The number of nitrogens with one attached hydrogen (secondary N) is 1. The van der Waals surface area contributed by atoms with E-state index in [0.717, 1.165) is 0 Å². The molecule has 7 heteroatoms. The Balaban J connectivity index is 2.78. The molecular weight excluding hydrogens is 292 g/mol. The molecule has 0 aliphatic rings. The summed E-state index contributed by atoms with van der Waals surface area (Å²) in [6.07, 6.45) is 0.404. The Labute approximate surface area is 124 Å². The van der Waals surface area contributed by atoms with Crippen LogP contribution < -0.4 is 4.72 Å². The van der Waals surface area contributed by atoms with Crippen molar-refractivity contribution in [3.8, 4) is 6.07 Å². The van der Waals surface area contributed by atoms with Crippen LogP contribution in [0.15, 0.2) is 23.1 Å². The van der Waals surface area contributed by atoms with Crippen LogP contribution in [0, 0.1) is 24.2 Å². The van der Waals surface area contributed by atoms with E-state index >= 15 is 0 Å². The molecule has 0 fully saturated rings. The molecule has 0 radical (unpaired) electrons. The minimum Gasteiger partial charge on any atom is -0.481 e. The van der Waals surface area contributed by atoms with E-state index in [4.69, 9.17) is 10.4 Å². The van der Waals surface area contributed by atoms with E-state index < -0.39 is 16.0 Å². The predicted molar refractivity (Wildman–Crippen MR) is 77.1 cm³/mol. The van der Waals surface area contributed by atoms with Gasteiger partial charge in [0.2, 0.25) is 10.0 Å². The van der Waals surface area contributed by atoms with Gasteiger partial charge in [0.05, 0.1) is 16.5 Å². The van der Waals surface area contributed by atoms with Gasteiger partial charge in [-0.3, -0.25) is 4.79 Å². The van der Waals surface area contributed by atoms with Crippen LogP contribution in [0.1, 0.15) is 30.9 Å². The number of hydrogen-bond acceptors (Lipinski definition) is 4. The fourth-order valence-electron chi connectivity index (χ4n) is 1.76. The van der Waals surface area contributed by atoms with Crippen molar-refractivity contribution in [2.75, 3.05) is 6.54 Å². The maximum absolute atomic E-state index is 12.2. The largest absolute Gasteiger partial charge is 0.481 e. The van der Waals surface area contributed by atoms with E-state index in [1.165, 1.54) is 6.07 Å². The van der Waals surface area contributed by atoms with Crippen molar-refractivity contribution in [2.45, 2.75) is 31.6 Å². The molecule has 0 heterocycles. The minimum absolute atomic E-state index is 0.00579. The molecule has 1 atom stereocenters. The lowest BCUT2D eigenvalue weighted by atomic mass is 10.1. The number of carboxylic acids is 1. The summed E-state index contributed by atoms with van der Waals surface area (Å²) in [5.74, 6) is -0.988. The molecule has 114 valence electrons. The molecule has 6 nitrogen and oxygen atoms in total. The minimum atomic E-state index is -3.71. The summed E-state index contributed by atoms with van der Waals surface area (Å²) in [5.41, 5.74) is 0.833. The van der Waals surface area contributed by atoms with Gasteiger partial charge in [-0.2, -0.15) is 5.26 Å². The number of benzene rings is 1. The van der Waals surface area contributed by atoms with Gasteiger partial charge in [0, 0.05) is 13.0 Å². The van der Waals surface area contributed by atoms with E-state index in [0.29, 0.717) is 12.0 Å². The fraction of sp³-hybridized carbons (Fsp3) is 0.429. The maximum atomic E-state index is 12.2. The van der Waals surface area contributed by atoms with Crippen LogP contribution in [0.3, 0.4) is 0 Å². The molecule has 1 aromatic rings. The maximum Gasteiger partial charge on any atom is 0.303 e. The van der Waals surface area contributed by atoms with Gasteiger partial charge in [-0.1, -0.05) is 13.0 Å². The van der Waals surface area contributed by atoms with Crippen molar-refractivity contribution in [3.05, 3.63) is 29.3 Å². The standard InChI is InChI=1S/C14H18N2O4S/c1-10(3-6-14(17)18)9-16-21(19,20)13-7-12(8-15)5-4-11(13)2/h4-5,7,10,16H,3,6,9H2,1-2H3,(H,17,18). The summed E-state index contributed by atoms with van der Waals surface area (Å²) in [6, 6.07) is 6.38. The second kappa shape index (κ2) is 7.20. The van der Waals surface area contributed by atoms with E-state index in [9.17, 15) is 13.2 Å². The zero-order chi connectivity index (χ0) is 16.0. The van der Waals surface area contributed by atoms with Gasteiger partial charge in [0.15, 0.2) is 0 Å². The van der Waals surface area contributed by atoms with Crippen molar-refractivity contribution in [1.82, 2.24) is 4.72 Å². The van der Waals surface area contributed by atoms with Crippen molar-refractivity contribution in [3.63, 3.8) is 0 Å². The van der Waals surface area contributed by atoms with Crippen molar-refractivity contribution >= 4 is 16.0 Å².